The predicted octanol–water partition coefficient (Wildman–Crippen LogP) is 3.95. The Labute approximate surface area is 152 Å². The summed E-state index contributed by atoms with van der Waals surface area (Å²) in [4.78, 5) is 5.40. The maximum absolute atomic E-state index is 5.99. The SMILES string of the molecule is NC(=Nc1ccc(OCCNCc2ccccc2)cc1)c1cccs1. The third kappa shape index (κ3) is 5.45. The maximum Gasteiger partial charge on any atom is 0.141 e. The van der Waals surface area contributed by atoms with E-state index in [0.29, 0.717) is 12.4 Å². The molecule has 0 aliphatic rings. The Balaban J connectivity index is 1.42. The molecule has 0 spiro atoms. The standard InChI is InChI=1S/C20H21N3OS/c21-20(19-7-4-14-25-19)23-17-8-10-18(11-9-17)24-13-12-22-15-16-5-2-1-3-6-16/h1-11,14,22H,12-13,15H2,(H2,21,23). The lowest BCUT2D eigenvalue weighted by Gasteiger charge is -2.08. The largest absolute Gasteiger partial charge is 0.492 e. The lowest BCUT2D eigenvalue weighted by Crippen LogP contribution is -2.20. The topological polar surface area (TPSA) is 59.6 Å². The number of ether oxygens (including phenoxy) is 1. The van der Waals surface area contributed by atoms with Crippen molar-refractivity contribution in [3.8, 4) is 5.75 Å². The maximum atomic E-state index is 5.99. The minimum Gasteiger partial charge on any atom is -0.492 e. The number of hydrogen-bond acceptors (Lipinski definition) is 4. The average Bonchev–Trinajstić information content (AvgIpc) is 3.19. The summed E-state index contributed by atoms with van der Waals surface area (Å²) >= 11 is 1.58. The number of nitrogens with one attached hydrogen (secondary N) is 1. The molecule has 0 saturated heterocycles. The molecule has 0 atom stereocenters. The van der Waals surface area contributed by atoms with E-state index >= 15 is 0 Å². The van der Waals surface area contributed by atoms with E-state index in [4.69, 9.17) is 10.5 Å². The molecular weight excluding hydrogens is 330 g/mol. The van der Waals surface area contributed by atoms with E-state index < -0.39 is 0 Å². The molecule has 0 radical (unpaired) electrons. The summed E-state index contributed by atoms with van der Waals surface area (Å²) in [6, 6.07) is 21.9. The Kier molecular flexibility index (Phi) is 6.20. The first-order valence-corrected chi connectivity index (χ1v) is 9.05. The van der Waals surface area contributed by atoms with Crippen LogP contribution in [0.5, 0.6) is 5.75 Å². The molecule has 0 saturated carbocycles. The second-order valence-corrected chi connectivity index (χ2v) is 6.43. The van der Waals surface area contributed by atoms with E-state index in [9.17, 15) is 0 Å². The summed E-state index contributed by atoms with van der Waals surface area (Å²) in [7, 11) is 0. The quantitative estimate of drug-likeness (QED) is 0.367. The molecule has 3 aromatic rings. The Morgan fingerprint density at radius 1 is 1.00 bits per heavy atom. The fourth-order valence-electron chi connectivity index (χ4n) is 2.31. The van der Waals surface area contributed by atoms with Gasteiger partial charge in [-0.2, -0.15) is 0 Å². The lowest BCUT2D eigenvalue weighted by molar-refractivity contribution is 0.313. The van der Waals surface area contributed by atoms with Crippen LogP contribution in [0.4, 0.5) is 5.69 Å². The molecule has 1 heterocycles. The zero-order valence-electron chi connectivity index (χ0n) is 13.9. The fourth-order valence-corrected chi connectivity index (χ4v) is 2.93. The van der Waals surface area contributed by atoms with Crippen molar-refractivity contribution in [2.75, 3.05) is 13.2 Å². The molecule has 3 rings (SSSR count). The molecule has 0 fully saturated rings. The van der Waals surface area contributed by atoms with Crippen LogP contribution < -0.4 is 15.8 Å². The van der Waals surface area contributed by atoms with Gasteiger partial charge in [-0.3, -0.25) is 0 Å². The molecular formula is C20H21N3OS. The van der Waals surface area contributed by atoms with Crippen LogP contribution in [0.2, 0.25) is 0 Å². The monoisotopic (exact) mass is 351 g/mol. The van der Waals surface area contributed by atoms with Crippen LogP contribution in [0.3, 0.4) is 0 Å². The smallest absolute Gasteiger partial charge is 0.141 e. The van der Waals surface area contributed by atoms with Crippen molar-refractivity contribution < 1.29 is 4.74 Å². The zero-order valence-corrected chi connectivity index (χ0v) is 14.7. The predicted molar refractivity (Wildman–Crippen MR) is 105 cm³/mol. The van der Waals surface area contributed by atoms with Gasteiger partial charge < -0.3 is 15.8 Å². The molecule has 5 heteroatoms. The van der Waals surface area contributed by atoms with Crippen molar-refractivity contribution in [3.05, 3.63) is 82.6 Å². The van der Waals surface area contributed by atoms with Gasteiger partial charge in [0.25, 0.3) is 0 Å². The molecule has 4 nitrogen and oxygen atoms in total. The molecule has 0 unspecified atom stereocenters. The van der Waals surface area contributed by atoms with E-state index in [0.717, 1.165) is 29.4 Å². The summed E-state index contributed by atoms with van der Waals surface area (Å²) in [6.45, 7) is 2.26. The number of aliphatic imine (C=N–C) groups is 1. The van der Waals surface area contributed by atoms with Gasteiger partial charge in [-0.05, 0) is 41.3 Å². The van der Waals surface area contributed by atoms with Gasteiger partial charge in [0.1, 0.15) is 18.2 Å². The van der Waals surface area contributed by atoms with Gasteiger partial charge in [0.15, 0.2) is 0 Å². The summed E-state index contributed by atoms with van der Waals surface area (Å²) in [6.07, 6.45) is 0. The highest BCUT2D eigenvalue weighted by atomic mass is 32.1. The first-order chi connectivity index (χ1) is 12.3. The third-order valence-corrected chi connectivity index (χ3v) is 4.47. The van der Waals surface area contributed by atoms with Gasteiger partial charge in [0.2, 0.25) is 0 Å². The van der Waals surface area contributed by atoms with Crippen LogP contribution >= 0.6 is 11.3 Å². The van der Waals surface area contributed by atoms with Gasteiger partial charge in [0.05, 0.1) is 10.6 Å². The molecule has 0 bridgehead atoms. The van der Waals surface area contributed by atoms with E-state index in [-0.39, 0.29) is 0 Å². The van der Waals surface area contributed by atoms with Gasteiger partial charge in [0, 0.05) is 13.1 Å². The summed E-state index contributed by atoms with van der Waals surface area (Å²) in [5.41, 5.74) is 8.08. The van der Waals surface area contributed by atoms with Crippen molar-refractivity contribution in [2.24, 2.45) is 10.7 Å². The molecule has 0 amide bonds. The molecule has 2 aromatic carbocycles. The first kappa shape index (κ1) is 17.2. The Bertz CT molecular complexity index is 784. The number of thiophene rings is 1. The summed E-state index contributed by atoms with van der Waals surface area (Å²) < 4.78 is 5.74. The van der Waals surface area contributed by atoms with Crippen LogP contribution in [0.1, 0.15) is 10.4 Å². The number of rotatable bonds is 8. The van der Waals surface area contributed by atoms with Crippen molar-refractivity contribution in [3.63, 3.8) is 0 Å². The Morgan fingerprint density at radius 3 is 2.52 bits per heavy atom. The van der Waals surface area contributed by atoms with Crippen LogP contribution in [0.15, 0.2) is 77.1 Å². The fraction of sp³-hybridized carbons (Fsp3) is 0.150. The Hall–Kier alpha value is -2.63. The third-order valence-electron chi connectivity index (χ3n) is 3.58. The van der Waals surface area contributed by atoms with Gasteiger partial charge in [-0.1, -0.05) is 36.4 Å². The Morgan fingerprint density at radius 2 is 1.80 bits per heavy atom. The van der Waals surface area contributed by atoms with Crippen LogP contribution in [-0.2, 0) is 6.54 Å². The van der Waals surface area contributed by atoms with E-state index in [2.05, 4.69) is 22.4 Å². The number of hydrogen-bond donors (Lipinski definition) is 2. The van der Waals surface area contributed by atoms with Crippen molar-refractivity contribution >= 4 is 22.9 Å². The minimum atomic E-state index is 0.536. The zero-order chi connectivity index (χ0) is 17.3. The van der Waals surface area contributed by atoms with Crippen molar-refractivity contribution in [1.82, 2.24) is 5.32 Å². The van der Waals surface area contributed by atoms with Crippen LogP contribution in [0, 0.1) is 0 Å². The summed E-state index contributed by atoms with van der Waals surface area (Å²) in [5.74, 6) is 1.36. The first-order valence-electron chi connectivity index (χ1n) is 8.17. The molecule has 128 valence electrons. The molecule has 1 aromatic heterocycles. The van der Waals surface area contributed by atoms with Crippen molar-refractivity contribution in [1.29, 1.82) is 0 Å². The number of nitrogens with zero attached hydrogens (tertiary/aromatic N) is 1. The van der Waals surface area contributed by atoms with E-state index in [1.165, 1.54) is 5.56 Å². The molecule has 0 aliphatic carbocycles. The van der Waals surface area contributed by atoms with Gasteiger partial charge >= 0.3 is 0 Å². The van der Waals surface area contributed by atoms with Gasteiger partial charge in [-0.15, -0.1) is 11.3 Å². The minimum absolute atomic E-state index is 0.536. The normalized spacial score (nSPS) is 11.4. The molecule has 3 N–H and O–H groups in total. The second kappa shape index (κ2) is 9.01. The molecule has 0 aliphatic heterocycles. The van der Waals surface area contributed by atoms with E-state index in [1.54, 1.807) is 11.3 Å². The highest BCUT2D eigenvalue weighted by Crippen LogP contribution is 2.19. The lowest BCUT2D eigenvalue weighted by atomic mass is 10.2. The van der Waals surface area contributed by atoms with Crippen LogP contribution in [-0.4, -0.2) is 19.0 Å². The highest BCUT2D eigenvalue weighted by molar-refractivity contribution is 7.12. The summed E-state index contributed by atoms with van der Waals surface area (Å²) in [5, 5.41) is 5.35. The van der Waals surface area contributed by atoms with Gasteiger partial charge in [-0.25, -0.2) is 4.99 Å². The number of amidine groups is 1. The second-order valence-electron chi connectivity index (χ2n) is 5.48. The molecule has 25 heavy (non-hydrogen) atoms. The van der Waals surface area contributed by atoms with E-state index in [1.807, 2.05) is 60.0 Å². The van der Waals surface area contributed by atoms with Crippen LogP contribution in [0.25, 0.3) is 0 Å². The van der Waals surface area contributed by atoms with Crippen molar-refractivity contribution in [2.45, 2.75) is 6.54 Å². The number of nitrogens with two attached hydrogens (primary N) is 1. The number of benzene rings is 2. The average molecular weight is 351 g/mol. The highest BCUT2D eigenvalue weighted by Gasteiger charge is 2.00.